The number of benzene rings is 1. The summed E-state index contributed by atoms with van der Waals surface area (Å²) in [6, 6.07) is 5.90. The molecule has 0 saturated heterocycles. The van der Waals surface area contributed by atoms with Crippen LogP contribution in [0.15, 0.2) is 41.4 Å². The van der Waals surface area contributed by atoms with Crippen LogP contribution in [0.3, 0.4) is 0 Å². The first-order chi connectivity index (χ1) is 10.3. The maximum absolute atomic E-state index is 12.8. The van der Waals surface area contributed by atoms with Gasteiger partial charge in [0, 0.05) is 11.8 Å². The predicted molar refractivity (Wildman–Crippen MR) is 80.2 cm³/mol. The van der Waals surface area contributed by atoms with Crippen LogP contribution in [0.5, 0.6) is 0 Å². The average molecular weight is 363 g/mol. The van der Waals surface area contributed by atoms with Crippen molar-refractivity contribution in [3.8, 4) is 0 Å². The van der Waals surface area contributed by atoms with E-state index in [-0.39, 0.29) is 20.6 Å². The summed E-state index contributed by atoms with van der Waals surface area (Å²) in [7, 11) is -3.96. The molecule has 1 aromatic carbocycles. The van der Waals surface area contributed by atoms with Gasteiger partial charge in [0.05, 0.1) is 11.6 Å². The fraction of sp³-hybridized carbons (Fsp3) is 0.0769. The molecular weight excluding hydrogens is 354 g/mol. The third-order valence-corrected chi connectivity index (χ3v) is 4.72. The molecule has 0 atom stereocenters. The number of carbonyl (C=O) groups excluding carboxylic acids is 1. The molecule has 0 amide bonds. The van der Waals surface area contributed by atoms with E-state index in [9.17, 15) is 17.6 Å². The van der Waals surface area contributed by atoms with Crippen molar-refractivity contribution in [1.29, 1.82) is 0 Å². The summed E-state index contributed by atoms with van der Waals surface area (Å²) >= 11 is 11.3. The molecule has 0 fully saturated rings. The number of pyridine rings is 1. The molecule has 0 spiro atoms. The van der Waals surface area contributed by atoms with E-state index in [1.54, 1.807) is 0 Å². The van der Waals surface area contributed by atoms with Gasteiger partial charge in [0.1, 0.15) is 15.9 Å². The zero-order valence-electron chi connectivity index (χ0n) is 10.9. The molecular formula is C13H9Cl2FN2O3S. The molecule has 1 heterocycles. The van der Waals surface area contributed by atoms with Crippen molar-refractivity contribution in [2.75, 3.05) is 6.54 Å². The van der Waals surface area contributed by atoms with Gasteiger partial charge < -0.3 is 0 Å². The van der Waals surface area contributed by atoms with Crippen molar-refractivity contribution in [2.24, 2.45) is 0 Å². The average Bonchev–Trinajstić information content (AvgIpc) is 2.48. The van der Waals surface area contributed by atoms with Crippen molar-refractivity contribution >= 4 is 39.0 Å². The van der Waals surface area contributed by atoms with Crippen LogP contribution in [-0.2, 0) is 10.0 Å². The Morgan fingerprint density at radius 3 is 2.45 bits per heavy atom. The molecule has 1 aromatic heterocycles. The van der Waals surface area contributed by atoms with E-state index in [4.69, 9.17) is 23.2 Å². The molecule has 9 heteroatoms. The fourth-order valence-corrected chi connectivity index (χ4v) is 2.82. The van der Waals surface area contributed by atoms with Crippen molar-refractivity contribution in [2.45, 2.75) is 4.90 Å². The number of ketones is 1. The van der Waals surface area contributed by atoms with Gasteiger partial charge in [-0.3, -0.25) is 4.79 Å². The van der Waals surface area contributed by atoms with Crippen molar-refractivity contribution in [3.05, 3.63) is 58.1 Å². The van der Waals surface area contributed by atoms with Crippen molar-refractivity contribution < 1.29 is 17.6 Å². The molecule has 0 aliphatic rings. The number of nitrogens with one attached hydrogen (secondary N) is 1. The van der Waals surface area contributed by atoms with Crippen molar-refractivity contribution in [1.82, 2.24) is 9.71 Å². The topological polar surface area (TPSA) is 76.1 Å². The number of hydrogen-bond donors (Lipinski definition) is 1. The van der Waals surface area contributed by atoms with E-state index in [0.717, 1.165) is 24.4 Å². The summed E-state index contributed by atoms with van der Waals surface area (Å²) in [5.74, 6) is -0.990. The predicted octanol–water partition coefficient (Wildman–Crippen LogP) is 2.69. The maximum Gasteiger partial charge on any atom is 0.242 e. The molecule has 0 aliphatic carbocycles. The van der Waals surface area contributed by atoms with Gasteiger partial charge in [-0.1, -0.05) is 23.2 Å². The van der Waals surface area contributed by atoms with E-state index < -0.39 is 28.2 Å². The summed E-state index contributed by atoms with van der Waals surface area (Å²) in [4.78, 5) is 15.3. The molecule has 1 N–H and O–H groups in total. The number of sulfonamides is 1. The second-order valence-corrected chi connectivity index (χ2v) is 6.73. The monoisotopic (exact) mass is 362 g/mol. The van der Waals surface area contributed by atoms with E-state index in [2.05, 4.69) is 9.71 Å². The molecule has 5 nitrogen and oxygen atoms in total. The minimum Gasteiger partial charge on any atom is -0.293 e. The summed E-state index contributed by atoms with van der Waals surface area (Å²) in [5, 5.41) is -0.0441. The van der Waals surface area contributed by atoms with Crippen LogP contribution in [0.25, 0.3) is 0 Å². The van der Waals surface area contributed by atoms with Crippen LogP contribution in [-0.4, -0.2) is 25.7 Å². The van der Waals surface area contributed by atoms with E-state index in [1.807, 2.05) is 0 Å². The maximum atomic E-state index is 12.8. The summed E-state index contributed by atoms with van der Waals surface area (Å²) < 4.78 is 38.9. The van der Waals surface area contributed by atoms with Gasteiger partial charge in [0.2, 0.25) is 10.0 Å². The van der Waals surface area contributed by atoms with Crippen LogP contribution in [0.1, 0.15) is 10.4 Å². The first-order valence-electron chi connectivity index (χ1n) is 5.89. The van der Waals surface area contributed by atoms with Crippen LogP contribution in [0.4, 0.5) is 4.39 Å². The molecule has 0 saturated carbocycles. The summed E-state index contributed by atoms with van der Waals surface area (Å²) in [5.41, 5.74) is 0.191. The molecule has 0 bridgehead atoms. The molecule has 0 radical (unpaired) electrons. The van der Waals surface area contributed by atoms with Gasteiger partial charge in [-0.25, -0.2) is 22.5 Å². The lowest BCUT2D eigenvalue weighted by atomic mass is 10.1. The first-order valence-corrected chi connectivity index (χ1v) is 8.13. The van der Waals surface area contributed by atoms with Gasteiger partial charge in [-0.05, 0) is 30.3 Å². The Morgan fingerprint density at radius 2 is 1.86 bits per heavy atom. The molecule has 2 rings (SSSR count). The number of halogens is 3. The lowest BCUT2D eigenvalue weighted by molar-refractivity contribution is 0.0997. The van der Waals surface area contributed by atoms with Crippen LogP contribution in [0.2, 0.25) is 10.2 Å². The number of aromatic nitrogens is 1. The Balaban J connectivity index is 2.10. The molecule has 0 aliphatic heterocycles. The lowest BCUT2D eigenvalue weighted by Gasteiger charge is -2.07. The van der Waals surface area contributed by atoms with E-state index >= 15 is 0 Å². The zero-order chi connectivity index (χ0) is 16.3. The second-order valence-electron chi connectivity index (χ2n) is 4.20. The number of carbonyl (C=O) groups is 1. The van der Waals surface area contributed by atoms with Gasteiger partial charge in [0.25, 0.3) is 0 Å². The van der Waals surface area contributed by atoms with Gasteiger partial charge in [0.15, 0.2) is 5.78 Å². The van der Waals surface area contributed by atoms with E-state index in [1.165, 1.54) is 12.1 Å². The van der Waals surface area contributed by atoms with Gasteiger partial charge in [-0.15, -0.1) is 0 Å². The van der Waals surface area contributed by atoms with Crippen LogP contribution >= 0.6 is 23.2 Å². The summed E-state index contributed by atoms with van der Waals surface area (Å²) in [6.45, 7) is -0.478. The van der Waals surface area contributed by atoms with E-state index in [0.29, 0.717) is 0 Å². The largest absolute Gasteiger partial charge is 0.293 e. The highest BCUT2D eigenvalue weighted by Gasteiger charge is 2.18. The number of rotatable bonds is 5. The standard InChI is InChI=1S/C13H9Cl2FN2O3S/c14-11-5-10(6-17-13(11)15)22(20,21)18-7-12(19)8-1-3-9(16)4-2-8/h1-6,18H,7H2. The zero-order valence-corrected chi connectivity index (χ0v) is 13.2. The molecule has 2 aromatic rings. The highest BCUT2D eigenvalue weighted by atomic mass is 35.5. The Kier molecular flexibility index (Phi) is 5.12. The second kappa shape index (κ2) is 6.70. The fourth-order valence-electron chi connectivity index (χ4n) is 1.53. The Bertz CT molecular complexity index is 811. The summed E-state index contributed by atoms with van der Waals surface area (Å²) in [6.07, 6.45) is 1.03. The third kappa shape index (κ3) is 4.01. The minimum absolute atomic E-state index is 0.0191. The minimum atomic E-state index is -3.96. The lowest BCUT2D eigenvalue weighted by Crippen LogP contribution is -2.29. The Hall–Kier alpha value is -1.54. The molecule has 116 valence electrons. The highest BCUT2D eigenvalue weighted by molar-refractivity contribution is 7.89. The SMILES string of the molecule is O=C(CNS(=O)(=O)c1cnc(Cl)c(Cl)c1)c1ccc(F)cc1. The van der Waals surface area contributed by atoms with Gasteiger partial charge >= 0.3 is 0 Å². The van der Waals surface area contributed by atoms with Crippen LogP contribution in [0, 0.1) is 5.82 Å². The smallest absolute Gasteiger partial charge is 0.242 e. The normalized spacial score (nSPS) is 11.4. The number of nitrogens with zero attached hydrogens (tertiary/aromatic N) is 1. The quantitative estimate of drug-likeness (QED) is 0.655. The Labute approximate surface area is 136 Å². The highest BCUT2D eigenvalue weighted by Crippen LogP contribution is 2.21. The van der Waals surface area contributed by atoms with Gasteiger partial charge in [-0.2, -0.15) is 0 Å². The Morgan fingerprint density at radius 1 is 1.23 bits per heavy atom. The van der Waals surface area contributed by atoms with Crippen molar-refractivity contribution in [3.63, 3.8) is 0 Å². The molecule has 22 heavy (non-hydrogen) atoms. The van der Waals surface area contributed by atoms with Crippen LogP contribution < -0.4 is 4.72 Å². The first kappa shape index (κ1) is 16.8. The number of hydrogen-bond acceptors (Lipinski definition) is 4. The third-order valence-electron chi connectivity index (χ3n) is 2.67. The number of Topliss-reactive ketones (excluding diaryl/α,β-unsaturated/α-hetero) is 1. The molecule has 0 unspecified atom stereocenters.